The van der Waals surface area contributed by atoms with Crippen LogP contribution in [0.15, 0.2) is 0 Å². The van der Waals surface area contributed by atoms with Crippen LogP contribution in [0.25, 0.3) is 0 Å². The number of rotatable bonds is 4. The quantitative estimate of drug-likeness (QED) is 0.863. The van der Waals surface area contributed by atoms with Crippen LogP contribution >= 0.6 is 0 Å². The molecule has 0 radical (unpaired) electrons. The normalized spacial score (nSPS) is 23.7. The molecule has 0 spiro atoms. The first-order chi connectivity index (χ1) is 9.95. The Morgan fingerprint density at radius 3 is 2.32 bits per heavy atom. The molecule has 22 heavy (non-hydrogen) atoms. The number of hydrogen-bond acceptors (Lipinski definition) is 4. The Labute approximate surface area is 133 Å². The third-order valence-corrected chi connectivity index (χ3v) is 3.93. The molecular formula is C16H30N2O4. The molecule has 6 nitrogen and oxygen atoms in total. The molecule has 1 aliphatic rings. The first-order valence-corrected chi connectivity index (χ1v) is 7.92. The summed E-state index contributed by atoms with van der Waals surface area (Å²) in [5, 5.41) is 9.64. The Morgan fingerprint density at radius 2 is 1.86 bits per heavy atom. The summed E-state index contributed by atoms with van der Waals surface area (Å²) in [7, 11) is 0. The van der Waals surface area contributed by atoms with E-state index in [1.807, 2.05) is 4.90 Å². The number of carbonyl (C=O) groups excluding carboxylic acids is 1. The largest absolute Gasteiger partial charge is 0.480 e. The van der Waals surface area contributed by atoms with Crippen LogP contribution in [0.3, 0.4) is 0 Å². The van der Waals surface area contributed by atoms with Gasteiger partial charge in [0, 0.05) is 13.1 Å². The van der Waals surface area contributed by atoms with Crippen LogP contribution in [0.5, 0.6) is 0 Å². The van der Waals surface area contributed by atoms with Gasteiger partial charge in [0.25, 0.3) is 0 Å². The van der Waals surface area contributed by atoms with Gasteiger partial charge in [-0.2, -0.15) is 0 Å². The molecule has 6 heteroatoms. The van der Waals surface area contributed by atoms with Gasteiger partial charge in [0.15, 0.2) is 0 Å². The summed E-state index contributed by atoms with van der Waals surface area (Å²) < 4.78 is 5.36. The van der Waals surface area contributed by atoms with E-state index < -0.39 is 23.2 Å². The number of ether oxygens (including phenoxy) is 1. The van der Waals surface area contributed by atoms with E-state index >= 15 is 0 Å². The summed E-state index contributed by atoms with van der Waals surface area (Å²) in [4.78, 5) is 27.4. The Kier molecular flexibility index (Phi) is 5.84. The highest BCUT2D eigenvalue weighted by Crippen LogP contribution is 2.24. The van der Waals surface area contributed by atoms with Crippen LogP contribution in [0.2, 0.25) is 0 Å². The van der Waals surface area contributed by atoms with Crippen LogP contribution in [0.1, 0.15) is 48.0 Å². The van der Waals surface area contributed by atoms with Crippen molar-refractivity contribution in [2.24, 2.45) is 5.92 Å². The Hall–Kier alpha value is -1.30. The van der Waals surface area contributed by atoms with Gasteiger partial charge in [-0.25, -0.2) is 4.79 Å². The lowest BCUT2D eigenvalue weighted by Crippen LogP contribution is -2.65. The van der Waals surface area contributed by atoms with Crippen molar-refractivity contribution in [2.75, 3.05) is 26.2 Å². The third kappa shape index (κ3) is 4.87. The van der Waals surface area contributed by atoms with Crippen molar-refractivity contribution in [3.63, 3.8) is 0 Å². The lowest BCUT2D eigenvalue weighted by Gasteiger charge is -2.46. The van der Waals surface area contributed by atoms with Crippen molar-refractivity contribution in [3.05, 3.63) is 0 Å². The molecule has 1 saturated heterocycles. The van der Waals surface area contributed by atoms with E-state index in [4.69, 9.17) is 4.74 Å². The monoisotopic (exact) mass is 314 g/mol. The maximum atomic E-state index is 12.2. The maximum Gasteiger partial charge on any atom is 0.410 e. The van der Waals surface area contributed by atoms with Gasteiger partial charge >= 0.3 is 12.1 Å². The summed E-state index contributed by atoms with van der Waals surface area (Å²) in [5.41, 5.74) is -1.64. The second-order valence-corrected chi connectivity index (χ2v) is 7.65. The van der Waals surface area contributed by atoms with Gasteiger partial charge < -0.3 is 14.7 Å². The van der Waals surface area contributed by atoms with Crippen LogP contribution in [-0.4, -0.2) is 64.3 Å². The average Bonchev–Trinajstić information content (AvgIpc) is 2.34. The number of carboxylic acid groups (broad SMARTS) is 1. The van der Waals surface area contributed by atoms with Crippen molar-refractivity contribution in [2.45, 2.75) is 59.1 Å². The molecule has 0 saturated carbocycles. The van der Waals surface area contributed by atoms with E-state index in [0.717, 1.165) is 13.0 Å². The van der Waals surface area contributed by atoms with Crippen LogP contribution in [0, 0.1) is 5.92 Å². The van der Waals surface area contributed by atoms with Gasteiger partial charge in [0.1, 0.15) is 11.1 Å². The maximum absolute atomic E-state index is 12.2. The zero-order chi connectivity index (χ0) is 17.1. The summed E-state index contributed by atoms with van der Waals surface area (Å²) in [6.45, 7) is 13.3. The summed E-state index contributed by atoms with van der Waals surface area (Å²) >= 11 is 0. The zero-order valence-corrected chi connectivity index (χ0v) is 14.7. The van der Waals surface area contributed by atoms with Crippen LogP contribution in [-0.2, 0) is 9.53 Å². The lowest BCUT2D eigenvalue weighted by molar-refractivity contribution is -0.154. The number of aliphatic carboxylic acids is 1. The predicted molar refractivity (Wildman–Crippen MR) is 84.9 cm³/mol. The molecule has 0 bridgehead atoms. The average molecular weight is 314 g/mol. The van der Waals surface area contributed by atoms with Gasteiger partial charge in [0.05, 0.1) is 6.54 Å². The van der Waals surface area contributed by atoms with Crippen molar-refractivity contribution >= 4 is 12.1 Å². The fraction of sp³-hybridized carbons (Fsp3) is 0.875. The fourth-order valence-corrected chi connectivity index (χ4v) is 2.50. The SMILES string of the molecule is CC(C)CCN1CCN(C(=O)OC(C)(C)C)CC1(C)C(=O)O. The van der Waals surface area contributed by atoms with Gasteiger partial charge in [0.2, 0.25) is 0 Å². The van der Waals surface area contributed by atoms with Crippen LogP contribution < -0.4 is 0 Å². The van der Waals surface area contributed by atoms with Crippen molar-refractivity contribution < 1.29 is 19.4 Å². The van der Waals surface area contributed by atoms with Crippen molar-refractivity contribution in [1.29, 1.82) is 0 Å². The molecule has 1 rings (SSSR count). The Bertz CT molecular complexity index is 417. The molecule has 0 aromatic rings. The van der Waals surface area contributed by atoms with E-state index in [1.165, 1.54) is 4.90 Å². The second-order valence-electron chi connectivity index (χ2n) is 7.65. The van der Waals surface area contributed by atoms with Crippen LogP contribution in [0.4, 0.5) is 4.79 Å². The minimum absolute atomic E-state index is 0.148. The van der Waals surface area contributed by atoms with Gasteiger partial charge in [-0.3, -0.25) is 9.69 Å². The summed E-state index contributed by atoms with van der Waals surface area (Å²) in [5.74, 6) is -0.383. The molecular weight excluding hydrogens is 284 g/mol. The number of hydrogen-bond donors (Lipinski definition) is 1. The van der Waals surface area contributed by atoms with E-state index in [1.54, 1.807) is 27.7 Å². The molecule has 1 aliphatic heterocycles. The number of piperazine rings is 1. The van der Waals surface area contributed by atoms with Crippen molar-refractivity contribution in [1.82, 2.24) is 9.80 Å². The van der Waals surface area contributed by atoms with Gasteiger partial charge in [-0.1, -0.05) is 13.8 Å². The lowest BCUT2D eigenvalue weighted by atomic mass is 9.95. The molecule has 1 unspecified atom stereocenters. The standard InChI is InChI=1S/C16H30N2O4/c1-12(2)7-8-18-10-9-17(11-16(18,6)13(19)20)14(21)22-15(3,4)5/h12H,7-11H2,1-6H3,(H,19,20). The number of carboxylic acids is 1. The smallest absolute Gasteiger partial charge is 0.410 e. The van der Waals surface area contributed by atoms with E-state index in [-0.39, 0.29) is 6.54 Å². The minimum atomic E-state index is -1.07. The molecule has 1 N–H and O–H groups in total. The molecule has 0 aromatic carbocycles. The van der Waals surface area contributed by atoms with E-state index in [2.05, 4.69) is 13.8 Å². The number of nitrogens with zero attached hydrogens (tertiary/aromatic N) is 2. The molecule has 1 fully saturated rings. The highest BCUT2D eigenvalue weighted by Gasteiger charge is 2.45. The summed E-state index contributed by atoms with van der Waals surface area (Å²) in [6, 6.07) is 0. The molecule has 128 valence electrons. The van der Waals surface area contributed by atoms with Gasteiger partial charge in [-0.15, -0.1) is 0 Å². The van der Waals surface area contributed by atoms with Crippen molar-refractivity contribution in [3.8, 4) is 0 Å². The number of amides is 1. The first kappa shape index (κ1) is 18.7. The van der Waals surface area contributed by atoms with Gasteiger partial charge in [-0.05, 0) is 46.6 Å². The topological polar surface area (TPSA) is 70.1 Å². The van der Waals surface area contributed by atoms with E-state index in [0.29, 0.717) is 19.0 Å². The highest BCUT2D eigenvalue weighted by molar-refractivity contribution is 5.80. The minimum Gasteiger partial charge on any atom is -0.480 e. The second kappa shape index (κ2) is 6.86. The molecule has 0 aliphatic carbocycles. The molecule has 1 heterocycles. The fourth-order valence-electron chi connectivity index (χ4n) is 2.50. The predicted octanol–water partition coefficient (Wildman–Crippen LogP) is 2.43. The number of carbonyl (C=O) groups is 2. The Balaban J connectivity index is 2.80. The summed E-state index contributed by atoms with van der Waals surface area (Å²) in [6.07, 6.45) is 0.499. The molecule has 1 amide bonds. The third-order valence-electron chi connectivity index (χ3n) is 3.93. The van der Waals surface area contributed by atoms with E-state index in [9.17, 15) is 14.7 Å². The zero-order valence-electron chi connectivity index (χ0n) is 14.7. The molecule has 1 atom stereocenters. The Morgan fingerprint density at radius 1 is 1.27 bits per heavy atom. The highest BCUT2D eigenvalue weighted by atomic mass is 16.6. The molecule has 0 aromatic heterocycles. The first-order valence-electron chi connectivity index (χ1n) is 7.92.